The zero-order valence-electron chi connectivity index (χ0n) is 14.7. The zero-order valence-corrected chi connectivity index (χ0v) is 17.7. The minimum absolute atomic E-state index is 0. The molecule has 1 unspecified atom stereocenters. The molecule has 1 nitrogen and oxygen atoms in total. The van der Waals surface area contributed by atoms with Gasteiger partial charge in [-0.05, 0) is 19.6 Å². The molecule has 2 rings (SSSR count). The number of hydrogen-bond acceptors (Lipinski definition) is 1. The Morgan fingerprint density at radius 1 is 0.773 bits per heavy atom. The third kappa shape index (κ3) is 4.82. The van der Waals surface area contributed by atoms with Crippen LogP contribution < -0.4 is 29.2 Å². The molecule has 112 valence electrons. The Bertz CT molecular complexity index is 571. The monoisotopic (exact) mass is 336 g/mol. The van der Waals surface area contributed by atoms with Gasteiger partial charge in [0.1, 0.15) is 0 Å². The third-order valence-corrected chi connectivity index (χ3v) is 18.8. The number of hydrogen-bond donors (Lipinski definition) is 0. The summed E-state index contributed by atoms with van der Waals surface area (Å²) in [6, 6.07) is 21.9. The minimum Gasteiger partial charge on any atom is -0.478 e. The van der Waals surface area contributed by atoms with Gasteiger partial charge in [0.15, 0.2) is 8.32 Å². The molecule has 2 aromatic carbocycles. The molecule has 0 spiro atoms. The molecule has 0 amide bonds. The van der Waals surface area contributed by atoms with Gasteiger partial charge in [-0.3, -0.25) is 8.31 Å². The molecule has 2 aromatic rings. The topological polar surface area (TPSA) is 9.23 Å². The first-order chi connectivity index (χ1) is 9.83. The van der Waals surface area contributed by atoms with E-state index in [0.29, 0.717) is 0 Å². The molecular weight excluding hydrogens is 311 g/mol. The van der Waals surface area contributed by atoms with Gasteiger partial charge in [0.25, 0.3) is 0 Å². The molecule has 5 heteroatoms. The van der Waals surface area contributed by atoms with E-state index in [-0.39, 0.29) is 18.9 Å². The Kier molecular flexibility index (Phi) is 7.12. The van der Waals surface area contributed by atoms with E-state index in [1.54, 1.807) is 0 Å². The van der Waals surface area contributed by atoms with Gasteiger partial charge in [-0.15, -0.1) is 0 Å². The maximum absolute atomic E-state index is 6.85. The molecule has 0 saturated carbocycles. The second kappa shape index (κ2) is 7.96. The zero-order chi connectivity index (χ0) is 15.5. The number of benzene rings is 2. The van der Waals surface area contributed by atoms with Crippen LogP contribution >= 0.6 is 0 Å². The Labute approximate surface area is 150 Å². The van der Waals surface area contributed by atoms with Gasteiger partial charge in [0, 0.05) is 0 Å². The molecule has 1 atom stereocenters. The van der Waals surface area contributed by atoms with Gasteiger partial charge in [-0.2, -0.15) is 11.7 Å². The molecule has 0 aliphatic carbocycles. The normalized spacial score (nSPS) is 13.9. The van der Waals surface area contributed by atoms with Crippen molar-refractivity contribution in [2.75, 3.05) is 0 Å². The summed E-state index contributed by atoms with van der Waals surface area (Å²) in [6.07, 6.45) is 0. The average molecular weight is 337 g/mol. The first-order valence-electron chi connectivity index (χ1n) is 7.48. The van der Waals surface area contributed by atoms with Crippen LogP contribution in [0.2, 0.25) is 32.7 Å². The molecule has 0 radical (unpaired) electrons. The first-order valence-corrected chi connectivity index (χ1v) is 16.3. The van der Waals surface area contributed by atoms with Crippen molar-refractivity contribution >= 4 is 34.8 Å². The van der Waals surface area contributed by atoms with Gasteiger partial charge in [0.2, 0.25) is 0 Å². The summed E-state index contributed by atoms with van der Waals surface area (Å²) in [7, 11) is -4.26. The van der Waals surface area contributed by atoms with E-state index >= 15 is 0 Å². The fraction of sp³-hybridized carbons (Fsp3) is 0.294. The van der Waals surface area contributed by atoms with Crippen molar-refractivity contribution in [3.8, 4) is 0 Å². The van der Waals surface area contributed by atoms with Crippen LogP contribution in [0.25, 0.3) is 0 Å². The molecule has 0 bridgehead atoms. The molecule has 0 aliphatic heterocycles. The van der Waals surface area contributed by atoms with Crippen molar-refractivity contribution in [1.29, 1.82) is 0 Å². The average Bonchev–Trinajstić information content (AvgIpc) is 2.46. The van der Waals surface area contributed by atoms with Crippen LogP contribution in [0.3, 0.4) is 0 Å². The Hall–Kier alpha value is -0.352. The van der Waals surface area contributed by atoms with Crippen LogP contribution in [0.15, 0.2) is 60.7 Å². The van der Waals surface area contributed by atoms with Crippen molar-refractivity contribution in [3.63, 3.8) is 0 Å². The smallest absolute Gasteiger partial charge is 0.478 e. The molecule has 0 heterocycles. The largest absolute Gasteiger partial charge is 1.00 e. The predicted octanol–water partition coefficient (Wildman–Crippen LogP) is 0.435. The Morgan fingerprint density at radius 3 is 1.68 bits per heavy atom. The van der Waals surface area contributed by atoms with Gasteiger partial charge in [0.05, 0.1) is 7.83 Å². The Morgan fingerprint density at radius 2 is 1.23 bits per heavy atom. The minimum atomic E-state index is -1.94. The maximum atomic E-state index is 6.85. The molecular formula is C17H25LiOSi3. The van der Waals surface area contributed by atoms with Crippen molar-refractivity contribution in [2.45, 2.75) is 32.7 Å². The van der Waals surface area contributed by atoms with E-state index < -0.39 is 24.5 Å². The van der Waals surface area contributed by atoms with Gasteiger partial charge in [-0.25, -0.2) is 0 Å². The summed E-state index contributed by atoms with van der Waals surface area (Å²) in [5, 5.41) is 2.92. The van der Waals surface area contributed by atoms with Crippen LogP contribution in [0.5, 0.6) is 0 Å². The summed E-state index contributed by atoms with van der Waals surface area (Å²) in [4.78, 5) is 0. The van der Waals surface area contributed by atoms with Crippen LogP contribution in [0.1, 0.15) is 0 Å². The van der Waals surface area contributed by atoms with Gasteiger partial charge in [-0.1, -0.05) is 72.4 Å². The molecule has 22 heavy (non-hydrogen) atoms. The molecule has 0 aliphatic rings. The van der Waals surface area contributed by atoms with Gasteiger partial charge < -0.3 is 4.12 Å². The fourth-order valence-corrected chi connectivity index (χ4v) is 19.3. The summed E-state index contributed by atoms with van der Waals surface area (Å²) in [5.41, 5.74) is 0. The van der Waals surface area contributed by atoms with E-state index in [0.717, 1.165) is 0 Å². The third-order valence-electron chi connectivity index (χ3n) is 3.76. The standard InChI is InChI=1S/C17H25OSi3.Li/c1-19(16-12-8-6-9-13-16)21(5,18-20(2,3)4)17-14-10-7-11-15-17;/h6-15H,1-5H3;/q-1;+1. The summed E-state index contributed by atoms with van der Waals surface area (Å²) in [6.45, 7) is 11.8. The summed E-state index contributed by atoms with van der Waals surface area (Å²) >= 11 is 0. The first kappa shape index (κ1) is 19.7. The van der Waals surface area contributed by atoms with E-state index in [9.17, 15) is 0 Å². The van der Waals surface area contributed by atoms with Crippen LogP contribution in [-0.4, -0.2) is 24.5 Å². The SMILES string of the molecule is C[Si-](c1ccccc1)[Si](C)(O[Si](C)(C)C)c1ccccc1.[Li+]. The number of rotatable bonds is 5. The van der Waals surface area contributed by atoms with Crippen LogP contribution in [0, 0.1) is 0 Å². The summed E-state index contributed by atoms with van der Waals surface area (Å²) < 4.78 is 6.85. The van der Waals surface area contributed by atoms with Crippen LogP contribution in [0.4, 0.5) is 0 Å². The maximum Gasteiger partial charge on any atom is 1.00 e. The van der Waals surface area contributed by atoms with Crippen molar-refractivity contribution in [1.82, 2.24) is 0 Å². The quantitative estimate of drug-likeness (QED) is 0.720. The second-order valence-electron chi connectivity index (χ2n) is 6.60. The van der Waals surface area contributed by atoms with E-state index in [4.69, 9.17) is 4.12 Å². The molecule has 0 fully saturated rings. The summed E-state index contributed by atoms with van der Waals surface area (Å²) in [5.74, 6) is 0. The predicted molar refractivity (Wildman–Crippen MR) is 99.8 cm³/mol. The molecule has 0 saturated heterocycles. The molecule has 0 aromatic heterocycles. The van der Waals surface area contributed by atoms with E-state index in [1.165, 1.54) is 10.4 Å². The van der Waals surface area contributed by atoms with Crippen molar-refractivity contribution < 1.29 is 23.0 Å². The van der Waals surface area contributed by atoms with Crippen molar-refractivity contribution in [3.05, 3.63) is 60.7 Å². The Balaban J connectivity index is 0.00000242. The fourth-order valence-electron chi connectivity index (χ4n) is 2.68. The van der Waals surface area contributed by atoms with E-state index in [2.05, 4.69) is 93.4 Å². The second-order valence-corrected chi connectivity index (χ2v) is 21.2. The van der Waals surface area contributed by atoms with Crippen molar-refractivity contribution in [2.24, 2.45) is 0 Å². The van der Waals surface area contributed by atoms with E-state index in [1.807, 2.05) is 0 Å². The van der Waals surface area contributed by atoms with Gasteiger partial charge >= 0.3 is 18.9 Å². The molecule has 0 N–H and O–H groups in total. The van der Waals surface area contributed by atoms with Crippen LogP contribution in [-0.2, 0) is 4.12 Å².